The molecule has 2 amide bonds. The number of nitrogens with one attached hydrogen (secondary N) is 1. The zero-order valence-electron chi connectivity index (χ0n) is 18.3. The normalized spacial score (nSPS) is 11.6. The highest BCUT2D eigenvalue weighted by atomic mass is 35.5. The summed E-state index contributed by atoms with van der Waals surface area (Å²) in [5.41, 5.74) is 1.80. The van der Waals surface area contributed by atoms with Crippen LogP contribution in [0.1, 0.15) is 17.5 Å². The highest BCUT2D eigenvalue weighted by Crippen LogP contribution is 2.25. The van der Waals surface area contributed by atoms with E-state index in [0.717, 1.165) is 16.0 Å². The predicted molar refractivity (Wildman–Crippen MR) is 137 cm³/mol. The van der Waals surface area contributed by atoms with Gasteiger partial charge in [0, 0.05) is 37.1 Å². The molecule has 3 rings (SSSR count). The Labute approximate surface area is 209 Å². The van der Waals surface area contributed by atoms with Crippen LogP contribution in [0.5, 0.6) is 0 Å². The molecule has 0 aliphatic carbocycles. The fourth-order valence-electron chi connectivity index (χ4n) is 3.47. The third-order valence-electron chi connectivity index (χ3n) is 5.18. The third kappa shape index (κ3) is 7.53. The Balaban J connectivity index is 1.83. The summed E-state index contributed by atoms with van der Waals surface area (Å²) in [6.45, 7) is 0.261. The topological polar surface area (TPSA) is 49.4 Å². The minimum atomic E-state index is -0.652. The maximum Gasteiger partial charge on any atom is 0.242 e. The lowest BCUT2D eigenvalue weighted by atomic mass is 10.0. The molecule has 0 saturated carbocycles. The van der Waals surface area contributed by atoms with Gasteiger partial charge in [0.1, 0.15) is 6.04 Å². The highest BCUT2D eigenvalue weighted by molar-refractivity contribution is 7.99. The molecule has 3 aromatic rings. The van der Waals surface area contributed by atoms with Gasteiger partial charge in [-0.3, -0.25) is 9.59 Å². The first-order valence-corrected chi connectivity index (χ1v) is 12.4. The molecule has 7 heteroatoms. The molecule has 1 atom stereocenters. The number of likely N-dealkylation sites (N-methyl/N-ethyl adjacent to an activating group) is 1. The van der Waals surface area contributed by atoms with Crippen LogP contribution in [-0.4, -0.2) is 35.6 Å². The molecule has 3 aromatic carbocycles. The quantitative estimate of drug-likeness (QED) is 0.354. The number of thioether (sulfide) groups is 1. The summed E-state index contributed by atoms with van der Waals surface area (Å²) in [7, 11) is 1.59. The van der Waals surface area contributed by atoms with Crippen molar-refractivity contribution < 1.29 is 9.59 Å². The number of hydrogen-bond acceptors (Lipinski definition) is 3. The van der Waals surface area contributed by atoms with Gasteiger partial charge in [0.2, 0.25) is 11.8 Å². The second-order valence-electron chi connectivity index (χ2n) is 7.50. The van der Waals surface area contributed by atoms with Gasteiger partial charge < -0.3 is 10.2 Å². The van der Waals surface area contributed by atoms with Gasteiger partial charge in [0.05, 0.1) is 10.0 Å². The Morgan fingerprint density at radius 3 is 2.21 bits per heavy atom. The Morgan fingerprint density at radius 1 is 0.909 bits per heavy atom. The van der Waals surface area contributed by atoms with Crippen molar-refractivity contribution in [2.24, 2.45) is 0 Å². The van der Waals surface area contributed by atoms with Gasteiger partial charge in [-0.1, -0.05) is 77.8 Å². The van der Waals surface area contributed by atoms with Crippen molar-refractivity contribution in [3.05, 3.63) is 100 Å². The first-order chi connectivity index (χ1) is 16.0. The summed E-state index contributed by atoms with van der Waals surface area (Å²) >= 11 is 13.9. The van der Waals surface area contributed by atoms with Gasteiger partial charge >= 0.3 is 0 Å². The lowest BCUT2D eigenvalue weighted by Gasteiger charge is -2.31. The SMILES string of the molecule is CNC(=O)[C@@H](Cc1ccccc1)N(Cc1ccc(Cl)c(Cl)c1)C(=O)CCSc1ccccc1. The van der Waals surface area contributed by atoms with E-state index in [4.69, 9.17) is 23.2 Å². The average Bonchev–Trinajstić information content (AvgIpc) is 2.84. The molecule has 0 unspecified atom stereocenters. The minimum absolute atomic E-state index is 0.0889. The molecule has 0 aliphatic heterocycles. The Hall–Kier alpha value is -2.47. The molecular weight excluding hydrogens is 475 g/mol. The molecule has 0 aromatic heterocycles. The van der Waals surface area contributed by atoms with E-state index >= 15 is 0 Å². The van der Waals surface area contributed by atoms with Crippen LogP contribution in [-0.2, 0) is 22.6 Å². The molecule has 0 radical (unpaired) electrons. The van der Waals surface area contributed by atoms with E-state index in [0.29, 0.717) is 28.6 Å². The fraction of sp³-hybridized carbons (Fsp3) is 0.231. The maximum atomic E-state index is 13.4. The van der Waals surface area contributed by atoms with Crippen molar-refractivity contribution in [3.63, 3.8) is 0 Å². The average molecular weight is 501 g/mol. The molecule has 0 spiro atoms. The molecule has 4 nitrogen and oxygen atoms in total. The number of carbonyl (C=O) groups excluding carboxylic acids is 2. The van der Waals surface area contributed by atoms with Gasteiger partial charge in [-0.25, -0.2) is 0 Å². The molecule has 0 aliphatic rings. The van der Waals surface area contributed by atoms with Crippen LogP contribution in [0.2, 0.25) is 10.0 Å². The van der Waals surface area contributed by atoms with Crippen LogP contribution < -0.4 is 5.32 Å². The lowest BCUT2D eigenvalue weighted by molar-refractivity contribution is -0.140. The number of hydrogen-bond donors (Lipinski definition) is 1. The second kappa shape index (κ2) is 12.7. The van der Waals surface area contributed by atoms with Crippen LogP contribution in [0.3, 0.4) is 0 Å². The van der Waals surface area contributed by atoms with Crippen molar-refractivity contribution >= 4 is 46.8 Å². The van der Waals surface area contributed by atoms with Crippen LogP contribution in [0.15, 0.2) is 83.8 Å². The number of nitrogens with zero attached hydrogens (tertiary/aromatic N) is 1. The van der Waals surface area contributed by atoms with E-state index in [-0.39, 0.29) is 18.4 Å². The summed E-state index contributed by atoms with van der Waals surface area (Å²) in [5.74, 6) is 0.323. The Bertz CT molecular complexity index is 1060. The summed E-state index contributed by atoms with van der Waals surface area (Å²) in [6.07, 6.45) is 0.725. The fourth-order valence-corrected chi connectivity index (χ4v) is 4.65. The summed E-state index contributed by atoms with van der Waals surface area (Å²) in [6, 6.07) is 24.3. The molecule has 172 valence electrons. The maximum absolute atomic E-state index is 13.4. The molecular formula is C26H26Cl2N2O2S. The Kier molecular flexibility index (Phi) is 9.67. The zero-order valence-corrected chi connectivity index (χ0v) is 20.7. The van der Waals surface area contributed by atoms with Crippen LogP contribution in [0.25, 0.3) is 0 Å². The highest BCUT2D eigenvalue weighted by Gasteiger charge is 2.29. The van der Waals surface area contributed by atoms with Gasteiger partial charge in [-0.05, 0) is 35.4 Å². The van der Waals surface area contributed by atoms with E-state index in [9.17, 15) is 9.59 Å². The third-order valence-corrected chi connectivity index (χ3v) is 6.94. The van der Waals surface area contributed by atoms with E-state index in [2.05, 4.69) is 5.32 Å². The van der Waals surface area contributed by atoms with Crippen molar-refractivity contribution in [3.8, 4) is 0 Å². The van der Waals surface area contributed by atoms with Crippen molar-refractivity contribution in [2.75, 3.05) is 12.8 Å². The van der Waals surface area contributed by atoms with Gasteiger partial charge in [0.15, 0.2) is 0 Å². The molecule has 33 heavy (non-hydrogen) atoms. The van der Waals surface area contributed by atoms with E-state index in [1.165, 1.54) is 0 Å². The van der Waals surface area contributed by atoms with Crippen molar-refractivity contribution in [2.45, 2.75) is 30.3 Å². The van der Waals surface area contributed by atoms with Gasteiger partial charge in [-0.2, -0.15) is 0 Å². The number of benzene rings is 3. The van der Waals surface area contributed by atoms with Crippen LogP contribution in [0.4, 0.5) is 0 Å². The molecule has 0 bridgehead atoms. The summed E-state index contributed by atoms with van der Waals surface area (Å²) < 4.78 is 0. The largest absolute Gasteiger partial charge is 0.357 e. The van der Waals surface area contributed by atoms with Crippen LogP contribution >= 0.6 is 35.0 Å². The molecule has 0 heterocycles. The monoisotopic (exact) mass is 500 g/mol. The number of rotatable bonds is 10. The number of halogens is 2. The molecule has 0 fully saturated rings. The van der Waals surface area contributed by atoms with E-state index < -0.39 is 6.04 Å². The number of amides is 2. The summed E-state index contributed by atoms with van der Waals surface area (Å²) in [5, 5.41) is 3.59. The molecule has 0 saturated heterocycles. The van der Waals surface area contributed by atoms with E-state index in [1.807, 2.05) is 66.7 Å². The first-order valence-electron chi connectivity index (χ1n) is 10.6. The van der Waals surface area contributed by atoms with Crippen LogP contribution in [0, 0.1) is 0 Å². The molecule has 1 N–H and O–H groups in total. The Morgan fingerprint density at radius 2 is 1.58 bits per heavy atom. The zero-order chi connectivity index (χ0) is 23.6. The summed E-state index contributed by atoms with van der Waals surface area (Å²) in [4.78, 5) is 29.1. The van der Waals surface area contributed by atoms with Gasteiger partial charge in [-0.15, -0.1) is 11.8 Å². The lowest BCUT2D eigenvalue weighted by Crippen LogP contribution is -2.49. The van der Waals surface area contributed by atoms with Gasteiger partial charge in [0.25, 0.3) is 0 Å². The number of carbonyl (C=O) groups is 2. The standard InChI is InChI=1S/C26H26Cl2N2O2S/c1-29-26(32)24(17-19-8-4-2-5-9-19)30(18-20-12-13-22(27)23(28)16-20)25(31)14-15-33-21-10-6-3-7-11-21/h2-13,16,24H,14-15,17-18H2,1H3,(H,29,32)/t24-/m1/s1. The van der Waals surface area contributed by atoms with Crippen molar-refractivity contribution in [1.29, 1.82) is 0 Å². The predicted octanol–water partition coefficient (Wildman–Crippen LogP) is 5.86. The smallest absolute Gasteiger partial charge is 0.242 e. The first kappa shape index (κ1) is 25.2. The second-order valence-corrected chi connectivity index (χ2v) is 9.48. The van der Waals surface area contributed by atoms with Crippen molar-refractivity contribution in [1.82, 2.24) is 10.2 Å². The van der Waals surface area contributed by atoms with E-state index in [1.54, 1.807) is 35.8 Å². The minimum Gasteiger partial charge on any atom is -0.357 e.